The smallest absolute Gasteiger partial charge is 0.124 e. The van der Waals surface area contributed by atoms with E-state index in [1.807, 2.05) is 31.2 Å². The van der Waals surface area contributed by atoms with Crippen molar-refractivity contribution in [2.24, 2.45) is 0 Å². The van der Waals surface area contributed by atoms with E-state index in [4.69, 9.17) is 9.15 Å². The van der Waals surface area contributed by atoms with Crippen LogP contribution in [0.5, 0.6) is 5.75 Å². The van der Waals surface area contributed by atoms with Gasteiger partial charge in [-0.15, -0.1) is 0 Å². The van der Waals surface area contributed by atoms with E-state index in [1.54, 1.807) is 6.26 Å². The maximum Gasteiger partial charge on any atom is 0.124 e. The second kappa shape index (κ2) is 6.95. The van der Waals surface area contributed by atoms with Crippen LogP contribution in [-0.2, 0) is 13.2 Å². The van der Waals surface area contributed by atoms with Gasteiger partial charge < -0.3 is 14.5 Å². The summed E-state index contributed by atoms with van der Waals surface area (Å²) < 4.78 is 12.4. The first-order chi connectivity index (χ1) is 9.56. The van der Waals surface area contributed by atoms with Crippen LogP contribution in [0.25, 0.3) is 0 Å². The van der Waals surface area contributed by atoms with Crippen LogP contribution in [0.1, 0.15) is 30.7 Å². The summed E-state index contributed by atoms with van der Waals surface area (Å²) in [7, 11) is 0. The van der Waals surface area contributed by atoms with Crippen LogP contribution in [0.3, 0.4) is 0 Å². The number of hydrogen-bond donors (Lipinski definition) is 1. The van der Waals surface area contributed by atoms with Crippen LogP contribution in [0, 0.1) is 6.92 Å². The second-order valence-electron chi connectivity index (χ2n) is 5.10. The minimum absolute atomic E-state index is 0.433. The van der Waals surface area contributed by atoms with Crippen molar-refractivity contribution in [3.05, 3.63) is 51.9 Å². The highest BCUT2D eigenvalue weighted by molar-refractivity contribution is 9.10. The minimum Gasteiger partial charge on any atom is -0.489 e. The first-order valence-electron chi connectivity index (χ1n) is 6.74. The third-order valence-electron chi connectivity index (χ3n) is 3.03. The fraction of sp³-hybridized carbons (Fsp3) is 0.375. The zero-order valence-corrected chi connectivity index (χ0v) is 13.7. The van der Waals surface area contributed by atoms with Gasteiger partial charge in [-0.3, -0.25) is 0 Å². The molecule has 4 heteroatoms. The van der Waals surface area contributed by atoms with E-state index in [9.17, 15) is 0 Å². The molecule has 1 heterocycles. The van der Waals surface area contributed by atoms with Crippen molar-refractivity contribution in [3.8, 4) is 5.75 Å². The van der Waals surface area contributed by atoms with Gasteiger partial charge in [-0.05, 0) is 36.8 Å². The topological polar surface area (TPSA) is 34.4 Å². The summed E-state index contributed by atoms with van der Waals surface area (Å²) in [5, 5.41) is 3.35. The monoisotopic (exact) mass is 337 g/mol. The van der Waals surface area contributed by atoms with E-state index in [0.717, 1.165) is 33.7 Å². The molecule has 20 heavy (non-hydrogen) atoms. The molecular formula is C16H20BrNO2. The van der Waals surface area contributed by atoms with Gasteiger partial charge in [-0.25, -0.2) is 0 Å². The molecule has 0 saturated carbocycles. The highest BCUT2D eigenvalue weighted by atomic mass is 79.9. The number of hydrogen-bond acceptors (Lipinski definition) is 3. The maximum atomic E-state index is 5.83. The van der Waals surface area contributed by atoms with Crippen LogP contribution >= 0.6 is 15.9 Å². The fourth-order valence-corrected chi connectivity index (χ4v) is 2.06. The molecule has 1 N–H and O–H groups in total. The van der Waals surface area contributed by atoms with Crippen molar-refractivity contribution in [1.29, 1.82) is 0 Å². The molecule has 0 atom stereocenters. The van der Waals surface area contributed by atoms with Gasteiger partial charge >= 0.3 is 0 Å². The van der Waals surface area contributed by atoms with E-state index in [2.05, 4.69) is 35.1 Å². The lowest BCUT2D eigenvalue weighted by molar-refractivity contribution is 0.300. The van der Waals surface area contributed by atoms with Crippen molar-refractivity contribution in [2.45, 2.75) is 40.0 Å². The molecule has 0 saturated heterocycles. The van der Waals surface area contributed by atoms with Crippen molar-refractivity contribution >= 4 is 15.9 Å². The van der Waals surface area contributed by atoms with Gasteiger partial charge in [0.15, 0.2) is 0 Å². The summed E-state index contributed by atoms with van der Waals surface area (Å²) in [4.78, 5) is 0. The molecule has 0 unspecified atom stereocenters. The Morgan fingerprint density at radius 3 is 2.80 bits per heavy atom. The molecule has 0 aliphatic carbocycles. The van der Waals surface area contributed by atoms with Crippen LogP contribution < -0.4 is 10.1 Å². The van der Waals surface area contributed by atoms with Gasteiger partial charge in [0.25, 0.3) is 0 Å². The number of rotatable bonds is 6. The summed E-state index contributed by atoms with van der Waals surface area (Å²) in [6, 6.07) is 8.38. The zero-order valence-electron chi connectivity index (χ0n) is 12.1. The highest BCUT2D eigenvalue weighted by Crippen LogP contribution is 2.23. The van der Waals surface area contributed by atoms with Gasteiger partial charge in [0.05, 0.1) is 12.8 Å². The molecule has 1 aromatic carbocycles. The average Bonchev–Trinajstić information content (AvgIpc) is 2.85. The zero-order chi connectivity index (χ0) is 14.5. The van der Waals surface area contributed by atoms with Gasteiger partial charge in [-0.2, -0.15) is 0 Å². The summed E-state index contributed by atoms with van der Waals surface area (Å²) >= 11 is 3.49. The SMILES string of the molecule is Cc1cc(OCc2ccoc2CNC(C)C)ccc1Br. The lowest BCUT2D eigenvalue weighted by Crippen LogP contribution is -2.22. The van der Waals surface area contributed by atoms with E-state index in [1.165, 1.54) is 0 Å². The summed E-state index contributed by atoms with van der Waals surface area (Å²) in [5.41, 5.74) is 2.25. The van der Waals surface area contributed by atoms with Crippen molar-refractivity contribution in [3.63, 3.8) is 0 Å². The Kier molecular flexibility index (Phi) is 5.26. The molecule has 0 bridgehead atoms. The molecule has 3 nitrogen and oxygen atoms in total. The maximum absolute atomic E-state index is 5.83. The molecule has 2 aromatic rings. The van der Waals surface area contributed by atoms with Crippen molar-refractivity contribution in [1.82, 2.24) is 5.32 Å². The predicted molar refractivity (Wildman–Crippen MR) is 83.9 cm³/mol. The first kappa shape index (κ1) is 15.1. The average molecular weight is 338 g/mol. The molecule has 1 aromatic heterocycles. The van der Waals surface area contributed by atoms with E-state index in [0.29, 0.717) is 12.6 Å². The Morgan fingerprint density at radius 2 is 2.10 bits per heavy atom. The highest BCUT2D eigenvalue weighted by Gasteiger charge is 2.08. The molecule has 0 amide bonds. The molecule has 2 rings (SSSR count). The summed E-state index contributed by atoms with van der Waals surface area (Å²) in [6.45, 7) is 7.52. The fourth-order valence-electron chi connectivity index (χ4n) is 1.82. The van der Waals surface area contributed by atoms with Gasteiger partial charge in [0, 0.05) is 16.1 Å². The van der Waals surface area contributed by atoms with E-state index >= 15 is 0 Å². The molecule has 0 spiro atoms. The summed E-state index contributed by atoms with van der Waals surface area (Å²) in [6.07, 6.45) is 1.71. The lowest BCUT2D eigenvalue weighted by atomic mass is 10.2. The minimum atomic E-state index is 0.433. The number of nitrogens with one attached hydrogen (secondary N) is 1. The Bertz CT molecular complexity index is 563. The normalized spacial score (nSPS) is 11.1. The molecular weight excluding hydrogens is 318 g/mol. The van der Waals surface area contributed by atoms with Crippen LogP contribution in [0.4, 0.5) is 0 Å². The molecule has 0 radical (unpaired) electrons. The van der Waals surface area contributed by atoms with Gasteiger partial charge in [0.2, 0.25) is 0 Å². The Labute approximate surface area is 128 Å². The van der Waals surface area contributed by atoms with Gasteiger partial charge in [-0.1, -0.05) is 29.8 Å². The number of aryl methyl sites for hydroxylation is 1. The van der Waals surface area contributed by atoms with Gasteiger partial charge in [0.1, 0.15) is 18.1 Å². The van der Waals surface area contributed by atoms with Crippen LogP contribution in [0.2, 0.25) is 0 Å². The Morgan fingerprint density at radius 1 is 1.30 bits per heavy atom. The number of ether oxygens (including phenoxy) is 1. The molecule has 0 aliphatic rings. The third kappa shape index (κ3) is 4.12. The quantitative estimate of drug-likeness (QED) is 0.846. The summed E-state index contributed by atoms with van der Waals surface area (Å²) in [5.74, 6) is 1.81. The van der Waals surface area contributed by atoms with Crippen LogP contribution in [0.15, 0.2) is 39.4 Å². The van der Waals surface area contributed by atoms with E-state index in [-0.39, 0.29) is 0 Å². The Hall–Kier alpha value is -1.26. The molecule has 0 fully saturated rings. The lowest BCUT2D eigenvalue weighted by Gasteiger charge is -2.10. The van der Waals surface area contributed by atoms with Crippen molar-refractivity contribution in [2.75, 3.05) is 0 Å². The largest absolute Gasteiger partial charge is 0.489 e. The number of benzene rings is 1. The molecule has 0 aliphatic heterocycles. The predicted octanol–water partition coefficient (Wildman–Crippen LogP) is 4.43. The second-order valence-corrected chi connectivity index (χ2v) is 5.96. The Balaban J connectivity index is 1.96. The van der Waals surface area contributed by atoms with Crippen LogP contribution in [-0.4, -0.2) is 6.04 Å². The molecule has 108 valence electrons. The first-order valence-corrected chi connectivity index (χ1v) is 7.53. The van der Waals surface area contributed by atoms with Crippen molar-refractivity contribution < 1.29 is 9.15 Å². The third-order valence-corrected chi connectivity index (χ3v) is 3.92. The van der Waals surface area contributed by atoms with E-state index < -0.39 is 0 Å². The number of furan rings is 1. The standard InChI is InChI=1S/C16H20BrNO2/c1-11(2)18-9-16-13(6-7-19-16)10-20-14-4-5-15(17)12(3)8-14/h4-8,11,18H,9-10H2,1-3H3. The number of halogens is 1.